The van der Waals surface area contributed by atoms with Crippen LogP contribution in [0.3, 0.4) is 0 Å². The SMILES string of the molecule is CC(=O)NCCn1c(C)cc(C(N)=O)c1C. The molecule has 88 valence electrons. The van der Waals surface area contributed by atoms with Crippen molar-refractivity contribution in [2.45, 2.75) is 27.3 Å². The van der Waals surface area contributed by atoms with E-state index in [9.17, 15) is 9.59 Å². The fourth-order valence-electron chi connectivity index (χ4n) is 1.74. The zero-order valence-electron chi connectivity index (χ0n) is 9.83. The first kappa shape index (κ1) is 12.3. The summed E-state index contributed by atoms with van der Waals surface area (Å²) in [6.45, 7) is 6.42. The standard InChI is InChI=1S/C11H17N3O2/c1-7-6-10(11(12)16)8(2)14(7)5-4-13-9(3)15/h6H,4-5H2,1-3H3,(H2,12,16)(H,13,15). The molecule has 0 unspecified atom stereocenters. The fourth-order valence-corrected chi connectivity index (χ4v) is 1.74. The predicted octanol–water partition coefficient (Wildman–Crippen LogP) is 0.340. The molecular weight excluding hydrogens is 206 g/mol. The maximum absolute atomic E-state index is 11.1. The van der Waals surface area contributed by atoms with Gasteiger partial charge < -0.3 is 15.6 Å². The van der Waals surface area contributed by atoms with Gasteiger partial charge in [-0.25, -0.2) is 0 Å². The third kappa shape index (κ3) is 2.62. The molecule has 2 amide bonds. The Kier molecular flexibility index (Phi) is 3.71. The maximum atomic E-state index is 11.1. The first-order valence-electron chi connectivity index (χ1n) is 5.14. The Morgan fingerprint density at radius 3 is 2.50 bits per heavy atom. The summed E-state index contributed by atoms with van der Waals surface area (Å²) in [7, 11) is 0. The van der Waals surface area contributed by atoms with Crippen molar-refractivity contribution in [3.05, 3.63) is 23.0 Å². The highest BCUT2D eigenvalue weighted by molar-refractivity contribution is 5.94. The van der Waals surface area contributed by atoms with Gasteiger partial charge in [0.25, 0.3) is 5.91 Å². The first-order valence-corrected chi connectivity index (χ1v) is 5.14. The van der Waals surface area contributed by atoms with Crippen molar-refractivity contribution in [3.8, 4) is 0 Å². The van der Waals surface area contributed by atoms with Crippen LogP contribution < -0.4 is 11.1 Å². The molecule has 0 radical (unpaired) electrons. The lowest BCUT2D eigenvalue weighted by Crippen LogP contribution is -2.25. The summed E-state index contributed by atoms with van der Waals surface area (Å²) in [5, 5.41) is 2.71. The Morgan fingerprint density at radius 1 is 1.44 bits per heavy atom. The Bertz CT molecular complexity index is 421. The van der Waals surface area contributed by atoms with E-state index in [1.807, 2.05) is 18.4 Å². The Hall–Kier alpha value is -1.78. The van der Waals surface area contributed by atoms with Crippen LogP contribution in [-0.2, 0) is 11.3 Å². The van der Waals surface area contributed by atoms with Crippen molar-refractivity contribution < 1.29 is 9.59 Å². The summed E-state index contributed by atoms with van der Waals surface area (Å²) in [6.07, 6.45) is 0. The summed E-state index contributed by atoms with van der Waals surface area (Å²) in [4.78, 5) is 21.8. The number of amides is 2. The second kappa shape index (κ2) is 4.83. The number of nitrogens with two attached hydrogens (primary N) is 1. The van der Waals surface area contributed by atoms with Gasteiger partial charge >= 0.3 is 0 Å². The fraction of sp³-hybridized carbons (Fsp3) is 0.455. The molecule has 1 rings (SSSR count). The molecule has 1 aromatic rings. The molecule has 0 atom stereocenters. The molecule has 0 bridgehead atoms. The molecule has 3 N–H and O–H groups in total. The highest BCUT2D eigenvalue weighted by atomic mass is 16.1. The van der Waals surface area contributed by atoms with Crippen LogP contribution in [0, 0.1) is 13.8 Å². The monoisotopic (exact) mass is 223 g/mol. The average Bonchev–Trinajstić information content (AvgIpc) is 2.44. The smallest absolute Gasteiger partial charge is 0.250 e. The predicted molar refractivity (Wildman–Crippen MR) is 61.1 cm³/mol. The number of carbonyl (C=O) groups excluding carboxylic acids is 2. The zero-order valence-corrected chi connectivity index (χ0v) is 9.83. The molecular formula is C11H17N3O2. The van der Waals surface area contributed by atoms with E-state index in [4.69, 9.17) is 5.73 Å². The van der Waals surface area contributed by atoms with Gasteiger partial charge in [0.1, 0.15) is 0 Å². The van der Waals surface area contributed by atoms with Crippen molar-refractivity contribution >= 4 is 11.8 Å². The third-order valence-electron chi connectivity index (χ3n) is 2.55. The summed E-state index contributed by atoms with van der Waals surface area (Å²) in [5.41, 5.74) is 7.61. The second-order valence-corrected chi connectivity index (χ2v) is 3.78. The Morgan fingerprint density at radius 2 is 2.06 bits per heavy atom. The van der Waals surface area contributed by atoms with Crippen LogP contribution in [0.5, 0.6) is 0 Å². The van der Waals surface area contributed by atoms with Gasteiger partial charge in [0.05, 0.1) is 5.56 Å². The van der Waals surface area contributed by atoms with Gasteiger partial charge in [-0.15, -0.1) is 0 Å². The maximum Gasteiger partial charge on any atom is 0.250 e. The van der Waals surface area contributed by atoms with Gasteiger partial charge in [0, 0.05) is 31.4 Å². The molecule has 5 nitrogen and oxygen atoms in total. The van der Waals surface area contributed by atoms with Crippen LogP contribution in [0.15, 0.2) is 6.07 Å². The van der Waals surface area contributed by atoms with E-state index >= 15 is 0 Å². The average molecular weight is 223 g/mol. The van der Waals surface area contributed by atoms with Gasteiger partial charge in [-0.3, -0.25) is 9.59 Å². The topological polar surface area (TPSA) is 77.1 Å². The lowest BCUT2D eigenvalue weighted by atomic mass is 10.2. The van der Waals surface area contributed by atoms with Crippen molar-refractivity contribution in [3.63, 3.8) is 0 Å². The van der Waals surface area contributed by atoms with E-state index in [2.05, 4.69) is 5.32 Å². The van der Waals surface area contributed by atoms with Crippen LogP contribution in [0.2, 0.25) is 0 Å². The number of hydrogen-bond donors (Lipinski definition) is 2. The molecule has 0 aromatic carbocycles. The van der Waals surface area contributed by atoms with E-state index in [0.29, 0.717) is 18.7 Å². The number of aryl methyl sites for hydroxylation is 1. The second-order valence-electron chi connectivity index (χ2n) is 3.78. The van der Waals surface area contributed by atoms with Crippen molar-refractivity contribution in [1.82, 2.24) is 9.88 Å². The number of aromatic nitrogens is 1. The summed E-state index contributed by atoms with van der Waals surface area (Å²) in [6, 6.07) is 1.77. The summed E-state index contributed by atoms with van der Waals surface area (Å²) >= 11 is 0. The van der Waals surface area contributed by atoms with Crippen LogP contribution in [0.4, 0.5) is 0 Å². The molecule has 0 spiro atoms. The van der Waals surface area contributed by atoms with Gasteiger partial charge in [-0.1, -0.05) is 0 Å². The number of primary amides is 1. The molecule has 0 saturated heterocycles. The van der Waals surface area contributed by atoms with E-state index in [0.717, 1.165) is 11.4 Å². The van der Waals surface area contributed by atoms with Crippen LogP contribution >= 0.6 is 0 Å². The van der Waals surface area contributed by atoms with Crippen LogP contribution in [0.25, 0.3) is 0 Å². The molecule has 0 aliphatic carbocycles. The van der Waals surface area contributed by atoms with Gasteiger partial charge in [0.2, 0.25) is 5.91 Å². The van der Waals surface area contributed by atoms with Gasteiger partial charge in [0.15, 0.2) is 0 Å². The number of hydrogen-bond acceptors (Lipinski definition) is 2. The van der Waals surface area contributed by atoms with Crippen molar-refractivity contribution in [2.24, 2.45) is 5.73 Å². The number of nitrogens with zero attached hydrogens (tertiary/aromatic N) is 1. The van der Waals surface area contributed by atoms with E-state index in [1.165, 1.54) is 6.92 Å². The molecule has 0 aliphatic rings. The molecule has 0 aliphatic heterocycles. The normalized spacial score (nSPS) is 10.2. The van der Waals surface area contributed by atoms with Crippen LogP contribution in [-0.4, -0.2) is 22.9 Å². The first-order chi connectivity index (χ1) is 7.43. The summed E-state index contributed by atoms with van der Waals surface area (Å²) in [5.74, 6) is -0.475. The molecule has 1 aromatic heterocycles. The number of carbonyl (C=O) groups is 2. The van der Waals surface area contributed by atoms with Crippen LogP contribution in [0.1, 0.15) is 28.7 Å². The minimum absolute atomic E-state index is 0.0578. The van der Waals surface area contributed by atoms with Crippen molar-refractivity contribution in [1.29, 1.82) is 0 Å². The van der Waals surface area contributed by atoms with Gasteiger partial charge in [-0.2, -0.15) is 0 Å². The third-order valence-corrected chi connectivity index (χ3v) is 2.55. The zero-order chi connectivity index (χ0) is 12.3. The molecule has 1 heterocycles. The molecule has 16 heavy (non-hydrogen) atoms. The minimum Gasteiger partial charge on any atom is -0.366 e. The van der Waals surface area contributed by atoms with E-state index in [1.54, 1.807) is 6.07 Å². The molecule has 0 saturated carbocycles. The Labute approximate surface area is 94.6 Å². The largest absolute Gasteiger partial charge is 0.366 e. The summed E-state index contributed by atoms with van der Waals surface area (Å²) < 4.78 is 1.97. The Balaban J connectivity index is 2.80. The molecule has 5 heteroatoms. The highest BCUT2D eigenvalue weighted by Crippen LogP contribution is 2.13. The van der Waals surface area contributed by atoms with Gasteiger partial charge in [-0.05, 0) is 19.9 Å². The highest BCUT2D eigenvalue weighted by Gasteiger charge is 2.12. The number of nitrogens with one attached hydrogen (secondary N) is 1. The van der Waals surface area contributed by atoms with Crippen molar-refractivity contribution in [2.75, 3.05) is 6.54 Å². The lowest BCUT2D eigenvalue weighted by Gasteiger charge is -2.09. The van der Waals surface area contributed by atoms with E-state index < -0.39 is 5.91 Å². The lowest BCUT2D eigenvalue weighted by molar-refractivity contribution is -0.118. The van der Waals surface area contributed by atoms with E-state index in [-0.39, 0.29) is 5.91 Å². The quantitative estimate of drug-likeness (QED) is 0.772. The number of rotatable bonds is 4. The molecule has 0 fully saturated rings. The minimum atomic E-state index is -0.418.